The van der Waals surface area contributed by atoms with Crippen LogP contribution in [0.1, 0.15) is 17.5 Å². The molecule has 2 amide bonds. The summed E-state index contributed by atoms with van der Waals surface area (Å²) in [6.07, 6.45) is 0.349. The SMILES string of the molecule is COc1ccc2c(C)c(CCC(=O)Nc3ccccc3SC(=O)N(C)C)c(=O)oc2c1. The van der Waals surface area contributed by atoms with Crippen LogP contribution in [0.5, 0.6) is 5.75 Å². The zero-order chi connectivity index (χ0) is 22.5. The van der Waals surface area contributed by atoms with E-state index in [0.717, 1.165) is 22.7 Å². The Labute approximate surface area is 184 Å². The van der Waals surface area contributed by atoms with Crippen molar-refractivity contribution in [1.29, 1.82) is 0 Å². The molecule has 7 nitrogen and oxygen atoms in total. The van der Waals surface area contributed by atoms with E-state index < -0.39 is 5.63 Å². The van der Waals surface area contributed by atoms with Gasteiger partial charge in [0.25, 0.3) is 5.24 Å². The highest BCUT2D eigenvalue weighted by molar-refractivity contribution is 8.13. The minimum atomic E-state index is -0.460. The van der Waals surface area contributed by atoms with Crippen molar-refractivity contribution in [3.63, 3.8) is 0 Å². The molecule has 0 fully saturated rings. The number of benzene rings is 2. The van der Waals surface area contributed by atoms with Gasteiger partial charge in [-0.15, -0.1) is 0 Å². The summed E-state index contributed by atoms with van der Waals surface area (Å²) in [6, 6.07) is 12.4. The van der Waals surface area contributed by atoms with E-state index in [4.69, 9.17) is 9.15 Å². The maximum atomic E-state index is 12.6. The quantitative estimate of drug-likeness (QED) is 0.450. The van der Waals surface area contributed by atoms with Crippen molar-refractivity contribution in [2.24, 2.45) is 0 Å². The van der Waals surface area contributed by atoms with Gasteiger partial charge >= 0.3 is 5.63 Å². The normalized spacial score (nSPS) is 10.7. The summed E-state index contributed by atoms with van der Waals surface area (Å²) < 4.78 is 10.6. The Morgan fingerprint density at radius 1 is 1.16 bits per heavy atom. The number of aryl methyl sites for hydroxylation is 1. The summed E-state index contributed by atoms with van der Waals surface area (Å²) in [4.78, 5) is 39.2. The predicted molar refractivity (Wildman–Crippen MR) is 122 cm³/mol. The highest BCUT2D eigenvalue weighted by atomic mass is 32.2. The van der Waals surface area contributed by atoms with Crippen LogP contribution in [-0.2, 0) is 11.2 Å². The Morgan fingerprint density at radius 2 is 1.90 bits per heavy atom. The molecule has 2 aromatic carbocycles. The number of methoxy groups -OCH3 is 1. The summed E-state index contributed by atoms with van der Waals surface area (Å²) in [6.45, 7) is 1.85. The van der Waals surface area contributed by atoms with Crippen molar-refractivity contribution < 1.29 is 18.7 Å². The molecule has 0 bridgehead atoms. The number of hydrogen-bond acceptors (Lipinski definition) is 6. The van der Waals surface area contributed by atoms with Crippen molar-refractivity contribution in [1.82, 2.24) is 4.90 Å². The molecule has 0 unspecified atom stereocenters. The Balaban J connectivity index is 1.74. The Kier molecular flexibility index (Phi) is 7.02. The third kappa shape index (κ3) is 5.27. The topological polar surface area (TPSA) is 88.9 Å². The number of thioether (sulfide) groups is 1. The summed E-state index contributed by atoms with van der Waals surface area (Å²) in [5.74, 6) is 0.352. The predicted octanol–water partition coefficient (Wildman–Crippen LogP) is 4.46. The number of amides is 2. The molecule has 162 valence electrons. The average Bonchev–Trinajstić information content (AvgIpc) is 2.74. The first-order valence-electron chi connectivity index (χ1n) is 9.68. The largest absolute Gasteiger partial charge is 0.497 e. The molecule has 0 saturated heterocycles. The molecule has 1 aromatic heterocycles. The number of hydrogen-bond donors (Lipinski definition) is 1. The Hall–Kier alpha value is -3.26. The fourth-order valence-electron chi connectivity index (χ4n) is 3.09. The summed E-state index contributed by atoms with van der Waals surface area (Å²) in [7, 11) is 4.89. The number of ether oxygens (including phenoxy) is 1. The number of rotatable bonds is 6. The van der Waals surface area contributed by atoms with Crippen LogP contribution in [0.4, 0.5) is 10.5 Å². The zero-order valence-corrected chi connectivity index (χ0v) is 18.7. The van der Waals surface area contributed by atoms with Gasteiger partial charge in [0.2, 0.25) is 5.91 Å². The van der Waals surface area contributed by atoms with Crippen LogP contribution < -0.4 is 15.7 Å². The monoisotopic (exact) mass is 440 g/mol. The fourth-order valence-corrected chi connectivity index (χ4v) is 3.83. The number of carbonyl (C=O) groups excluding carboxylic acids is 2. The van der Waals surface area contributed by atoms with Gasteiger partial charge in [-0.1, -0.05) is 12.1 Å². The molecule has 1 N–H and O–H groups in total. The van der Waals surface area contributed by atoms with Crippen LogP contribution in [-0.4, -0.2) is 37.3 Å². The van der Waals surface area contributed by atoms with Crippen molar-refractivity contribution in [3.05, 3.63) is 64.0 Å². The van der Waals surface area contributed by atoms with Gasteiger partial charge in [-0.25, -0.2) is 4.79 Å². The minimum absolute atomic E-state index is 0.105. The highest BCUT2D eigenvalue weighted by Crippen LogP contribution is 2.29. The lowest BCUT2D eigenvalue weighted by Crippen LogP contribution is -2.18. The maximum Gasteiger partial charge on any atom is 0.339 e. The first kappa shape index (κ1) is 22.4. The second kappa shape index (κ2) is 9.70. The molecule has 31 heavy (non-hydrogen) atoms. The third-order valence-electron chi connectivity index (χ3n) is 4.82. The van der Waals surface area contributed by atoms with Crippen LogP contribution in [0.15, 0.2) is 56.6 Å². The maximum absolute atomic E-state index is 12.6. The van der Waals surface area contributed by atoms with E-state index in [1.165, 1.54) is 4.90 Å². The molecule has 1 heterocycles. The molecular formula is C23H24N2O5S. The number of nitrogens with one attached hydrogen (secondary N) is 1. The number of carbonyl (C=O) groups is 2. The second-order valence-electron chi connectivity index (χ2n) is 7.16. The van der Waals surface area contributed by atoms with Crippen LogP contribution in [0.2, 0.25) is 0 Å². The van der Waals surface area contributed by atoms with Gasteiger partial charge < -0.3 is 19.4 Å². The van der Waals surface area contributed by atoms with Gasteiger partial charge in [-0.3, -0.25) is 9.59 Å². The lowest BCUT2D eigenvalue weighted by Gasteiger charge is -2.13. The molecule has 0 atom stereocenters. The van der Waals surface area contributed by atoms with E-state index in [9.17, 15) is 14.4 Å². The van der Waals surface area contributed by atoms with Gasteiger partial charge in [-0.05, 0) is 54.9 Å². The van der Waals surface area contributed by atoms with Crippen molar-refractivity contribution in [3.8, 4) is 5.75 Å². The number of fused-ring (bicyclic) bond motifs is 1. The van der Waals surface area contributed by atoms with Crippen LogP contribution in [0.3, 0.4) is 0 Å². The second-order valence-corrected chi connectivity index (χ2v) is 8.16. The van der Waals surface area contributed by atoms with Crippen molar-refractivity contribution >= 4 is 39.6 Å². The molecule has 3 rings (SSSR count). The highest BCUT2D eigenvalue weighted by Gasteiger charge is 2.16. The summed E-state index contributed by atoms with van der Waals surface area (Å²) in [5.41, 5.74) is 1.81. The van der Waals surface area contributed by atoms with Gasteiger partial charge in [0, 0.05) is 42.4 Å². The lowest BCUT2D eigenvalue weighted by molar-refractivity contribution is -0.116. The van der Waals surface area contributed by atoms with Gasteiger partial charge in [-0.2, -0.15) is 0 Å². The van der Waals surface area contributed by atoms with Gasteiger partial charge in [0.05, 0.1) is 12.8 Å². The minimum Gasteiger partial charge on any atom is -0.497 e. The molecule has 0 aliphatic heterocycles. The Morgan fingerprint density at radius 3 is 2.61 bits per heavy atom. The molecule has 0 aliphatic rings. The zero-order valence-electron chi connectivity index (χ0n) is 17.9. The molecule has 8 heteroatoms. The van der Waals surface area contributed by atoms with Gasteiger partial charge in [0.15, 0.2) is 0 Å². The first-order valence-corrected chi connectivity index (χ1v) is 10.5. The van der Waals surface area contributed by atoms with E-state index in [-0.39, 0.29) is 24.0 Å². The molecule has 3 aromatic rings. The Bertz CT molecular complexity index is 1190. The van der Waals surface area contributed by atoms with Crippen LogP contribution >= 0.6 is 11.8 Å². The molecule has 0 saturated carbocycles. The van der Waals surface area contributed by atoms with E-state index in [0.29, 0.717) is 27.5 Å². The van der Waals surface area contributed by atoms with Crippen molar-refractivity contribution in [2.45, 2.75) is 24.7 Å². The van der Waals surface area contributed by atoms with E-state index in [1.807, 2.05) is 13.0 Å². The summed E-state index contributed by atoms with van der Waals surface area (Å²) in [5, 5.41) is 3.51. The lowest BCUT2D eigenvalue weighted by atomic mass is 10.0. The molecule has 0 aliphatic carbocycles. The van der Waals surface area contributed by atoms with Crippen LogP contribution in [0.25, 0.3) is 11.0 Å². The molecule has 0 radical (unpaired) electrons. The first-order chi connectivity index (χ1) is 14.8. The van der Waals surface area contributed by atoms with E-state index >= 15 is 0 Å². The smallest absolute Gasteiger partial charge is 0.339 e. The van der Waals surface area contributed by atoms with Gasteiger partial charge in [0.1, 0.15) is 11.3 Å². The number of nitrogens with zero attached hydrogens (tertiary/aromatic N) is 1. The van der Waals surface area contributed by atoms with Crippen LogP contribution in [0, 0.1) is 6.92 Å². The average molecular weight is 441 g/mol. The van der Waals surface area contributed by atoms with E-state index in [2.05, 4.69) is 5.32 Å². The van der Waals surface area contributed by atoms with E-state index in [1.54, 1.807) is 57.6 Å². The molecular weight excluding hydrogens is 416 g/mol. The molecule has 0 spiro atoms. The standard InChI is InChI=1S/C23H24N2O5S/c1-14-16-10-9-15(29-4)13-19(16)30-22(27)17(14)11-12-21(26)24-18-7-5-6-8-20(18)31-23(28)25(2)3/h5-10,13H,11-12H2,1-4H3,(H,24,26). The summed E-state index contributed by atoms with van der Waals surface area (Å²) >= 11 is 1.04. The fraction of sp³-hybridized carbons (Fsp3) is 0.261. The number of para-hydroxylation sites is 1. The van der Waals surface area contributed by atoms with Crippen molar-refractivity contribution in [2.75, 3.05) is 26.5 Å². The number of anilines is 1. The third-order valence-corrected chi connectivity index (χ3v) is 5.94.